The Kier molecular flexibility index (Phi) is 6.82. The number of methoxy groups -OCH3 is 1. The van der Waals surface area contributed by atoms with Crippen molar-refractivity contribution in [2.45, 2.75) is 51.8 Å². The molecule has 1 aromatic carbocycles. The summed E-state index contributed by atoms with van der Waals surface area (Å²) in [5.41, 5.74) is -0.490. The number of aromatic nitrogens is 3. The van der Waals surface area contributed by atoms with Crippen molar-refractivity contribution in [3.63, 3.8) is 0 Å². The Bertz CT molecular complexity index is 1280. The summed E-state index contributed by atoms with van der Waals surface area (Å²) in [7, 11) is 1.37. The van der Waals surface area contributed by atoms with Gasteiger partial charge in [0.1, 0.15) is 16.3 Å². The molecular weight excluding hydrogens is 493 g/mol. The molecule has 0 spiro atoms. The van der Waals surface area contributed by atoms with E-state index >= 15 is 0 Å². The minimum Gasteiger partial charge on any atom is -0.469 e. The number of anilines is 2. The number of carbonyl (C=O) groups excluding carboxylic acids is 1. The minimum absolute atomic E-state index is 0.162. The van der Waals surface area contributed by atoms with Gasteiger partial charge in [0.2, 0.25) is 5.95 Å². The average Bonchev–Trinajstić information content (AvgIpc) is 3.29. The van der Waals surface area contributed by atoms with Crippen LogP contribution >= 0.6 is 11.3 Å². The summed E-state index contributed by atoms with van der Waals surface area (Å²) in [5, 5.41) is 14.9. The summed E-state index contributed by atoms with van der Waals surface area (Å²) in [6.45, 7) is 5.76. The lowest BCUT2D eigenvalue weighted by Gasteiger charge is -2.44. The third kappa shape index (κ3) is 5.36. The van der Waals surface area contributed by atoms with Crippen molar-refractivity contribution in [3.8, 4) is 10.4 Å². The van der Waals surface area contributed by atoms with Gasteiger partial charge in [-0.25, -0.2) is 15.0 Å². The molecule has 2 N–H and O–H groups in total. The molecule has 11 heteroatoms. The molecule has 0 saturated heterocycles. The van der Waals surface area contributed by atoms with E-state index in [2.05, 4.69) is 20.3 Å². The van der Waals surface area contributed by atoms with Gasteiger partial charge in [-0.1, -0.05) is 19.9 Å². The molecule has 2 aromatic heterocycles. The highest BCUT2D eigenvalue weighted by molar-refractivity contribution is 7.15. The van der Waals surface area contributed by atoms with E-state index in [9.17, 15) is 23.1 Å². The zero-order valence-corrected chi connectivity index (χ0v) is 21.1. The average molecular weight is 521 g/mol. The van der Waals surface area contributed by atoms with Gasteiger partial charge in [0.05, 0.1) is 17.9 Å². The van der Waals surface area contributed by atoms with Gasteiger partial charge in [-0.3, -0.25) is 4.79 Å². The fourth-order valence-corrected chi connectivity index (χ4v) is 5.85. The van der Waals surface area contributed by atoms with Crippen LogP contribution in [0.1, 0.15) is 49.4 Å². The molecule has 0 bridgehead atoms. The predicted molar refractivity (Wildman–Crippen MR) is 130 cm³/mol. The molecule has 4 rings (SSSR count). The zero-order chi connectivity index (χ0) is 26.3. The monoisotopic (exact) mass is 520 g/mol. The van der Waals surface area contributed by atoms with Crippen LogP contribution in [0.2, 0.25) is 0 Å². The van der Waals surface area contributed by atoms with Crippen molar-refractivity contribution in [3.05, 3.63) is 52.9 Å². The highest BCUT2D eigenvalue weighted by Crippen LogP contribution is 2.51. The third-order valence-electron chi connectivity index (χ3n) is 6.49. The number of ether oxygens (including phenoxy) is 1. The number of thiazole rings is 1. The standard InChI is InChI=1S/C25H27F3N4O3S/c1-14-9-15(11-16(10-14)31-22-29-8-6-19(32-22)25(26,27)28)18-12-30-21(36-18)24(34)7-5-17(20(33)35-4)23(2,3)13-24/h6,8-12,17,34H,5,7,13H2,1-4H3,(H,29,31,32). The number of esters is 1. The Labute approximate surface area is 210 Å². The SMILES string of the molecule is COC(=O)C1CCC(O)(c2ncc(-c3cc(C)cc(Nc4nccc(C(F)(F)F)n4)c3)s2)CC1(C)C. The molecule has 0 amide bonds. The van der Waals surface area contributed by atoms with Crippen molar-refractivity contribution in [1.82, 2.24) is 15.0 Å². The number of aliphatic hydroxyl groups is 1. The van der Waals surface area contributed by atoms with E-state index < -0.39 is 22.9 Å². The van der Waals surface area contributed by atoms with Crippen LogP contribution in [0.25, 0.3) is 10.4 Å². The highest BCUT2D eigenvalue weighted by atomic mass is 32.1. The molecular formula is C25H27F3N4O3S. The fraction of sp³-hybridized carbons (Fsp3) is 0.440. The lowest BCUT2D eigenvalue weighted by Crippen LogP contribution is -2.45. The topological polar surface area (TPSA) is 97.2 Å². The van der Waals surface area contributed by atoms with Gasteiger partial charge in [0.25, 0.3) is 0 Å². The normalized spacial score (nSPS) is 21.7. The number of aryl methyl sites for hydroxylation is 1. The van der Waals surface area contributed by atoms with Gasteiger partial charge in [-0.15, -0.1) is 11.3 Å². The van der Waals surface area contributed by atoms with Gasteiger partial charge >= 0.3 is 12.1 Å². The van der Waals surface area contributed by atoms with Crippen LogP contribution in [-0.4, -0.2) is 33.1 Å². The molecule has 2 atom stereocenters. The molecule has 7 nitrogen and oxygen atoms in total. The summed E-state index contributed by atoms with van der Waals surface area (Å²) in [4.78, 5) is 25.0. The lowest BCUT2D eigenvalue weighted by molar-refractivity contribution is -0.157. The smallest absolute Gasteiger partial charge is 0.433 e. The molecule has 3 aromatic rings. The maximum Gasteiger partial charge on any atom is 0.433 e. The zero-order valence-electron chi connectivity index (χ0n) is 20.3. The first kappa shape index (κ1) is 26.0. The minimum atomic E-state index is -4.57. The van der Waals surface area contributed by atoms with Crippen LogP contribution in [-0.2, 0) is 21.3 Å². The van der Waals surface area contributed by atoms with Crippen LogP contribution in [0, 0.1) is 18.3 Å². The van der Waals surface area contributed by atoms with Gasteiger partial charge in [-0.2, -0.15) is 13.2 Å². The largest absolute Gasteiger partial charge is 0.469 e. The Morgan fingerprint density at radius 3 is 2.67 bits per heavy atom. The van der Waals surface area contributed by atoms with E-state index in [1.807, 2.05) is 26.8 Å². The number of hydrogen-bond donors (Lipinski definition) is 2. The van der Waals surface area contributed by atoms with Crippen molar-refractivity contribution in [2.24, 2.45) is 11.3 Å². The van der Waals surface area contributed by atoms with E-state index in [1.54, 1.807) is 18.3 Å². The molecule has 36 heavy (non-hydrogen) atoms. The second kappa shape index (κ2) is 9.44. The summed E-state index contributed by atoms with van der Waals surface area (Å²) >= 11 is 1.35. The summed E-state index contributed by atoms with van der Waals surface area (Å²) in [6, 6.07) is 6.29. The van der Waals surface area contributed by atoms with Crippen LogP contribution in [0.3, 0.4) is 0 Å². The predicted octanol–water partition coefficient (Wildman–Crippen LogP) is 5.86. The van der Waals surface area contributed by atoms with Gasteiger partial charge in [0, 0.05) is 18.1 Å². The second-order valence-corrected chi connectivity index (χ2v) is 10.8. The van der Waals surface area contributed by atoms with E-state index in [0.717, 1.165) is 28.3 Å². The molecule has 192 valence electrons. The summed E-state index contributed by atoms with van der Waals surface area (Å²) in [6.07, 6.45) is -0.601. The Hall–Kier alpha value is -3.05. The van der Waals surface area contributed by atoms with Crippen LogP contribution in [0.4, 0.5) is 24.8 Å². The van der Waals surface area contributed by atoms with E-state index in [4.69, 9.17) is 4.74 Å². The number of carbonyl (C=O) groups is 1. The number of rotatable bonds is 5. The Morgan fingerprint density at radius 1 is 1.25 bits per heavy atom. The molecule has 2 heterocycles. The third-order valence-corrected chi connectivity index (χ3v) is 7.73. The number of nitrogens with zero attached hydrogens (tertiary/aromatic N) is 3. The first-order valence-corrected chi connectivity index (χ1v) is 12.2. The van der Waals surface area contributed by atoms with Crippen molar-refractivity contribution >= 4 is 28.9 Å². The molecule has 1 fully saturated rings. The van der Waals surface area contributed by atoms with E-state index in [1.165, 1.54) is 18.4 Å². The first-order chi connectivity index (χ1) is 16.8. The summed E-state index contributed by atoms with van der Waals surface area (Å²) < 4.78 is 44.0. The molecule has 1 aliphatic rings. The molecule has 0 aliphatic heterocycles. The van der Waals surface area contributed by atoms with Crippen molar-refractivity contribution in [2.75, 3.05) is 12.4 Å². The number of hydrogen-bond acceptors (Lipinski definition) is 8. The summed E-state index contributed by atoms with van der Waals surface area (Å²) in [5.74, 6) is -0.734. The first-order valence-electron chi connectivity index (χ1n) is 11.4. The fourth-order valence-electron chi connectivity index (χ4n) is 4.83. The molecule has 1 saturated carbocycles. The van der Waals surface area contributed by atoms with Crippen LogP contribution in [0.15, 0.2) is 36.7 Å². The number of alkyl halides is 3. The molecule has 1 aliphatic carbocycles. The maximum absolute atomic E-state index is 13.0. The van der Waals surface area contributed by atoms with E-state index in [0.29, 0.717) is 30.0 Å². The number of benzene rings is 1. The van der Waals surface area contributed by atoms with Crippen LogP contribution < -0.4 is 5.32 Å². The lowest BCUT2D eigenvalue weighted by atomic mass is 9.63. The highest BCUT2D eigenvalue weighted by Gasteiger charge is 2.49. The van der Waals surface area contributed by atoms with Crippen LogP contribution in [0.5, 0.6) is 0 Å². The van der Waals surface area contributed by atoms with Gasteiger partial charge in [0.15, 0.2) is 0 Å². The maximum atomic E-state index is 13.0. The van der Waals surface area contributed by atoms with Crippen molar-refractivity contribution < 1.29 is 27.8 Å². The Morgan fingerprint density at radius 2 is 2.00 bits per heavy atom. The van der Waals surface area contributed by atoms with Gasteiger partial charge in [-0.05, 0) is 60.9 Å². The molecule has 0 radical (unpaired) electrons. The number of nitrogens with one attached hydrogen (secondary N) is 1. The Balaban J connectivity index is 1.58. The second-order valence-electron chi connectivity index (χ2n) is 9.82. The van der Waals surface area contributed by atoms with Crippen molar-refractivity contribution in [1.29, 1.82) is 0 Å². The van der Waals surface area contributed by atoms with E-state index in [-0.39, 0.29) is 17.8 Å². The quantitative estimate of drug-likeness (QED) is 0.407. The molecule has 2 unspecified atom stereocenters. The van der Waals surface area contributed by atoms with Gasteiger partial charge < -0.3 is 15.2 Å². The number of halogens is 3.